The fourth-order valence-corrected chi connectivity index (χ4v) is 3.34. The molecule has 0 saturated carbocycles. The lowest BCUT2D eigenvalue weighted by atomic mass is 9.90. The van der Waals surface area contributed by atoms with Crippen molar-refractivity contribution >= 4 is 34.3 Å². The van der Waals surface area contributed by atoms with Crippen LogP contribution in [0.1, 0.15) is 39.4 Å². The standard InChI is InChI=1S/C20H18ClNO3/c1-11-3-6-18-15(7-11)17(10-22-18)16(20(24)25)9-19(23)14-5-4-13(21)8-12(14)2/h3-8,10,16,22H,9H2,1-2H3,(H,24,25). The lowest BCUT2D eigenvalue weighted by molar-refractivity contribution is -0.138. The minimum absolute atomic E-state index is 0.0985. The quantitative estimate of drug-likeness (QED) is 0.641. The molecule has 1 heterocycles. The molecule has 0 saturated heterocycles. The minimum atomic E-state index is -1.01. The molecular weight excluding hydrogens is 338 g/mol. The smallest absolute Gasteiger partial charge is 0.311 e. The summed E-state index contributed by atoms with van der Waals surface area (Å²) >= 11 is 5.93. The summed E-state index contributed by atoms with van der Waals surface area (Å²) in [7, 11) is 0. The zero-order chi connectivity index (χ0) is 18.1. The molecule has 3 rings (SSSR count). The van der Waals surface area contributed by atoms with Gasteiger partial charge in [0.2, 0.25) is 0 Å². The van der Waals surface area contributed by atoms with Gasteiger partial charge in [0, 0.05) is 34.1 Å². The Hall–Kier alpha value is -2.59. The van der Waals surface area contributed by atoms with Crippen LogP contribution in [-0.2, 0) is 4.79 Å². The van der Waals surface area contributed by atoms with Crippen molar-refractivity contribution in [1.82, 2.24) is 4.98 Å². The van der Waals surface area contributed by atoms with Gasteiger partial charge in [-0.15, -0.1) is 0 Å². The van der Waals surface area contributed by atoms with Gasteiger partial charge in [-0.05, 0) is 55.3 Å². The van der Waals surface area contributed by atoms with Crippen LogP contribution < -0.4 is 0 Å². The van der Waals surface area contributed by atoms with Crippen molar-refractivity contribution in [3.63, 3.8) is 0 Å². The molecule has 0 spiro atoms. The summed E-state index contributed by atoms with van der Waals surface area (Å²) in [4.78, 5) is 27.6. The maximum Gasteiger partial charge on any atom is 0.311 e. The van der Waals surface area contributed by atoms with Crippen LogP contribution in [0, 0.1) is 13.8 Å². The van der Waals surface area contributed by atoms with Gasteiger partial charge in [0.1, 0.15) is 0 Å². The summed E-state index contributed by atoms with van der Waals surface area (Å²) in [5.41, 5.74) is 3.79. The van der Waals surface area contributed by atoms with E-state index in [0.717, 1.165) is 22.0 Å². The molecule has 2 aromatic carbocycles. The molecule has 0 radical (unpaired) electrons. The third-order valence-corrected chi connectivity index (χ3v) is 4.66. The van der Waals surface area contributed by atoms with Gasteiger partial charge in [-0.2, -0.15) is 0 Å². The van der Waals surface area contributed by atoms with Gasteiger partial charge < -0.3 is 10.1 Å². The monoisotopic (exact) mass is 355 g/mol. The van der Waals surface area contributed by atoms with Crippen molar-refractivity contribution in [3.8, 4) is 0 Å². The van der Waals surface area contributed by atoms with E-state index in [-0.39, 0.29) is 12.2 Å². The number of aromatic nitrogens is 1. The third-order valence-electron chi connectivity index (χ3n) is 4.42. The number of Topliss-reactive ketones (excluding diaryl/α,β-unsaturated/α-hetero) is 1. The fraction of sp³-hybridized carbons (Fsp3) is 0.200. The van der Waals surface area contributed by atoms with Crippen LogP contribution in [-0.4, -0.2) is 21.8 Å². The Morgan fingerprint density at radius 1 is 1.16 bits per heavy atom. The van der Waals surface area contributed by atoms with E-state index in [9.17, 15) is 14.7 Å². The molecule has 1 atom stereocenters. The molecule has 2 N–H and O–H groups in total. The Morgan fingerprint density at radius 2 is 1.92 bits per heavy atom. The number of aliphatic carboxylic acids is 1. The van der Waals surface area contributed by atoms with Gasteiger partial charge in [-0.1, -0.05) is 23.2 Å². The number of carbonyl (C=O) groups is 2. The van der Waals surface area contributed by atoms with Crippen LogP contribution in [0.15, 0.2) is 42.6 Å². The zero-order valence-electron chi connectivity index (χ0n) is 14.0. The number of aryl methyl sites for hydroxylation is 2. The second kappa shape index (κ2) is 6.73. The van der Waals surface area contributed by atoms with Crippen LogP contribution >= 0.6 is 11.6 Å². The minimum Gasteiger partial charge on any atom is -0.481 e. The van der Waals surface area contributed by atoms with E-state index >= 15 is 0 Å². The summed E-state index contributed by atoms with van der Waals surface area (Å²) in [5.74, 6) is -2.12. The Labute approximate surface area is 150 Å². The van der Waals surface area contributed by atoms with Crippen molar-refractivity contribution < 1.29 is 14.7 Å². The van der Waals surface area contributed by atoms with Crippen molar-refractivity contribution in [2.24, 2.45) is 0 Å². The Bertz CT molecular complexity index is 974. The number of rotatable bonds is 5. The molecule has 5 heteroatoms. The number of benzene rings is 2. The summed E-state index contributed by atoms with van der Waals surface area (Å²) in [6.07, 6.45) is 1.59. The van der Waals surface area contributed by atoms with Gasteiger partial charge in [0.05, 0.1) is 5.92 Å². The molecule has 1 unspecified atom stereocenters. The van der Waals surface area contributed by atoms with Crippen molar-refractivity contribution in [1.29, 1.82) is 0 Å². The molecule has 0 bridgehead atoms. The first-order chi connectivity index (χ1) is 11.9. The normalized spacial score (nSPS) is 12.3. The summed E-state index contributed by atoms with van der Waals surface area (Å²) < 4.78 is 0. The van der Waals surface area contributed by atoms with E-state index < -0.39 is 11.9 Å². The van der Waals surface area contributed by atoms with Crippen molar-refractivity contribution in [3.05, 3.63) is 69.9 Å². The molecule has 3 aromatic rings. The molecule has 0 aliphatic carbocycles. The van der Waals surface area contributed by atoms with Crippen LogP contribution in [0.4, 0.5) is 0 Å². The number of ketones is 1. The summed E-state index contributed by atoms with van der Waals surface area (Å²) in [6.45, 7) is 3.75. The first kappa shape index (κ1) is 17.2. The van der Waals surface area contributed by atoms with E-state index in [1.807, 2.05) is 25.1 Å². The molecule has 25 heavy (non-hydrogen) atoms. The zero-order valence-corrected chi connectivity index (χ0v) is 14.7. The van der Waals surface area contributed by atoms with Gasteiger partial charge in [-0.3, -0.25) is 9.59 Å². The number of fused-ring (bicyclic) bond motifs is 1. The average Bonchev–Trinajstić information content (AvgIpc) is 2.94. The number of carbonyl (C=O) groups excluding carboxylic acids is 1. The van der Waals surface area contributed by atoms with Crippen molar-refractivity contribution in [2.45, 2.75) is 26.2 Å². The summed E-state index contributed by atoms with van der Waals surface area (Å²) in [6, 6.07) is 10.8. The van der Waals surface area contributed by atoms with Gasteiger partial charge >= 0.3 is 5.97 Å². The molecule has 1 aromatic heterocycles. The second-order valence-electron chi connectivity index (χ2n) is 6.27. The highest BCUT2D eigenvalue weighted by Gasteiger charge is 2.27. The number of carboxylic acids is 1. The number of H-pyrrole nitrogens is 1. The summed E-state index contributed by atoms with van der Waals surface area (Å²) in [5, 5.41) is 11.1. The number of hydrogen-bond donors (Lipinski definition) is 2. The number of nitrogens with one attached hydrogen (secondary N) is 1. The van der Waals surface area contributed by atoms with E-state index in [1.165, 1.54) is 0 Å². The lowest BCUT2D eigenvalue weighted by Gasteiger charge is -2.12. The SMILES string of the molecule is Cc1ccc2[nH]cc(C(CC(=O)c3ccc(Cl)cc3C)C(=O)O)c2c1. The van der Waals surface area contributed by atoms with Crippen molar-refractivity contribution in [2.75, 3.05) is 0 Å². The maximum atomic E-state index is 12.7. The Morgan fingerprint density at radius 3 is 2.60 bits per heavy atom. The fourth-order valence-electron chi connectivity index (χ4n) is 3.11. The van der Waals surface area contributed by atoms with Crippen LogP contribution in [0.25, 0.3) is 10.9 Å². The van der Waals surface area contributed by atoms with Crippen LogP contribution in [0.3, 0.4) is 0 Å². The molecule has 0 amide bonds. The van der Waals surface area contributed by atoms with Crippen LogP contribution in [0.2, 0.25) is 5.02 Å². The second-order valence-corrected chi connectivity index (χ2v) is 6.71. The first-order valence-electron chi connectivity index (χ1n) is 7.96. The van der Waals surface area contributed by atoms with E-state index in [0.29, 0.717) is 16.1 Å². The number of hydrogen-bond acceptors (Lipinski definition) is 2. The number of halogens is 1. The lowest BCUT2D eigenvalue weighted by Crippen LogP contribution is -2.16. The largest absolute Gasteiger partial charge is 0.481 e. The number of aromatic amines is 1. The third kappa shape index (κ3) is 3.44. The molecular formula is C20H18ClNO3. The average molecular weight is 356 g/mol. The topological polar surface area (TPSA) is 70.2 Å². The number of carboxylic acid groups (broad SMARTS) is 1. The highest BCUT2D eigenvalue weighted by molar-refractivity contribution is 6.30. The molecule has 4 nitrogen and oxygen atoms in total. The van der Waals surface area contributed by atoms with Gasteiger partial charge in [0.15, 0.2) is 5.78 Å². The Balaban J connectivity index is 1.97. The molecule has 0 aliphatic rings. The molecule has 0 fully saturated rings. The van der Waals surface area contributed by atoms with E-state index in [2.05, 4.69) is 4.98 Å². The molecule has 0 aliphatic heterocycles. The Kier molecular flexibility index (Phi) is 4.64. The van der Waals surface area contributed by atoms with E-state index in [1.54, 1.807) is 31.3 Å². The predicted molar refractivity (Wildman–Crippen MR) is 98.5 cm³/mol. The van der Waals surface area contributed by atoms with E-state index in [4.69, 9.17) is 11.6 Å². The van der Waals surface area contributed by atoms with Gasteiger partial charge in [0.25, 0.3) is 0 Å². The highest BCUT2D eigenvalue weighted by atomic mass is 35.5. The first-order valence-corrected chi connectivity index (χ1v) is 8.34. The predicted octanol–water partition coefficient (Wildman–Crippen LogP) is 4.88. The molecule has 128 valence electrons. The highest BCUT2D eigenvalue weighted by Crippen LogP contribution is 2.30. The maximum absolute atomic E-state index is 12.7. The van der Waals surface area contributed by atoms with Gasteiger partial charge in [-0.25, -0.2) is 0 Å². The van der Waals surface area contributed by atoms with Crippen LogP contribution in [0.5, 0.6) is 0 Å².